The first-order chi connectivity index (χ1) is 8.31. The van der Waals surface area contributed by atoms with Crippen LogP contribution in [-0.2, 0) is 6.42 Å². The first-order valence-corrected chi connectivity index (χ1v) is 7.09. The van der Waals surface area contributed by atoms with E-state index < -0.39 is 5.60 Å². The van der Waals surface area contributed by atoms with Crippen molar-refractivity contribution < 1.29 is 5.11 Å². The normalized spacial score (nSPS) is 31.3. The second-order valence-electron chi connectivity index (χ2n) is 7.04. The molecule has 0 bridgehead atoms. The van der Waals surface area contributed by atoms with Crippen molar-refractivity contribution in [2.75, 3.05) is 0 Å². The molecule has 2 atom stereocenters. The van der Waals surface area contributed by atoms with E-state index in [2.05, 4.69) is 52.0 Å². The van der Waals surface area contributed by atoms with Crippen LogP contribution in [0, 0.1) is 18.3 Å². The van der Waals surface area contributed by atoms with E-state index in [1.807, 2.05) is 0 Å². The van der Waals surface area contributed by atoms with E-state index in [4.69, 9.17) is 0 Å². The highest BCUT2D eigenvalue weighted by molar-refractivity contribution is 5.23. The Labute approximate surface area is 111 Å². The van der Waals surface area contributed by atoms with Crippen molar-refractivity contribution in [3.63, 3.8) is 0 Å². The van der Waals surface area contributed by atoms with Crippen molar-refractivity contribution in [1.82, 2.24) is 0 Å². The lowest BCUT2D eigenvalue weighted by molar-refractivity contribution is -0.0704. The maximum Gasteiger partial charge on any atom is 0.0713 e. The quantitative estimate of drug-likeness (QED) is 0.832. The Morgan fingerprint density at radius 2 is 1.78 bits per heavy atom. The summed E-state index contributed by atoms with van der Waals surface area (Å²) in [5.74, 6) is 0.377. The highest BCUT2D eigenvalue weighted by Crippen LogP contribution is 2.45. The van der Waals surface area contributed by atoms with Gasteiger partial charge in [-0.3, -0.25) is 0 Å². The summed E-state index contributed by atoms with van der Waals surface area (Å²) in [4.78, 5) is 0. The summed E-state index contributed by atoms with van der Waals surface area (Å²) in [6.45, 7) is 8.93. The van der Waals surface area contributed by atoms with Crippen LogP contribution >= 0.6 is 0 Å². The molecule has 0 spiro atoms. The molecule has 0 heterocycles. The predicted octanol–water partition coefficient (Wildman–Crippen LogP) is 4.11. The average Bonchev–Trinajstić information content (AvgIpc) is 2.28. The molecule has 2 unspecified atom stereocenters. The Morgan fingerprint density at radius 3 is 2.33 bits per heavy atom. The summed E-state index contributed by atoms with van der Waals surface area (Å²) in [7, 11) is 0. The van der Waals surface area contributed by atoms with Crippen molar-refractivity contribution in [1.29, 1.82) is 0 Å². The van der Waals surface area contributed by atoms with E-state index in [-0.39, 0.29) is 0 Å². The predicted molar refractivity (Wildman–Crippen MR) is 76.6 cm³/mol. The van der Waals surface area contributed by atoms with Crippen LogP contribution in [0.1, 0.15) is 51.2 Å². The number of hydrogen-bond acceptors (Lipinski definition) is 1. The number of rotatable bonds is 2. The van der Waals surface area contributed by atoms with E-state index in [0.29, 0.717) is 11.3 Å². The third-order valence-electron chi connectivity index (χ3n) is 4.64. The second-order valence-corrected chi connectivity index (χ2v) is 7.04. The lowest BCUT2D eigenvalue weighted by Crippen LogP contribution is -2.45. The minimum absolute atomic E-state index is 0.377. The molecular weight excluding hydrogens is 220 g/mol. The molecular formula is C17H26O. The monoisotopic (exact) mass is 246 g/mol. The van der Waals surface area contributed by atoms with E-state index >= 15 is 0 Å². The van der Waals surface area contributed by atoms with Gasteiger partial charge in [0.25, 0.3) is 0 Å². The van der Waals surface area contributed by atoms with Crippen LogP contribution in [0.25, 0.3) is 0 Å². The molecule has 1 aromatic rings. The van der Waals surface area contributed by atoms with E-state index in [0.717, 1.165) is 25.7 Å². The number of hydrogen-bond donors (Lipinski definition) is 1. The molecule has 1 aromatic carbocycles. The van der Waals surface area contributed by atoms with Gasteiger partial charge < -0.3 is 5.11 Å². The number of aliphatic hydroxyl groups is 1. The van der Waals surface area contributed by atoms with Crippen LogP contribution in [0.2, 0.25) is 0 Å². The Hall–Kier alpha value is -0.820. The van der Waals surface area contributed by atoms with Gasteiger partial charge in [-0.15, -0.1) is 0 Å². The molecule has 1 fully saturated rings. The van der Waals surface area contributed by atoms with Crippen LogP contribution in [0.3, 0.4) is 0 Å². The second kappa shape index (κ2) is 4.70. The van der Waals surface area contributed by atoms with Gasteiger partial charge in [0.15, 0.2) is 0 Å². The van der Waals surface area contributed by atoms with Crippen molar-refractivity contribution in [2.24, 2.45) is 11.3 Å². The molecule has 0 aromatic heterocycles. The van der Waals surface area contributed by atoms with E-state index in [1.165, 1.54) is 11.1 Å². The zero-order valence-corrected chi connectivity index (χ0v) is 12.2. The molecule has 1 aliphatic carbocycles. The molecule has 0 saturated heterocycles. The Morgan fingerprint density at radius 1 is 1.17 bits per heavy atom. The molecule has 0 radical (unpaired) electrons. The van der Waals surface area contributed by atoms with Crippen LogP contribution in [0.5, 0.6) is 0 Å². The van der Waals surface area contributed by atoms with Crippen LogP contribution in [0.15, 0.2) is 24.3 Å². The van der Waals surface area contributed by atoms with Gasteiger partial charge in [0.05, 0.1) is 5.60 Å². The number of aryl methyl sites for hydroxylation is 1. The maximum atomic E-state index is 10.9. The molecule has 0 aliphatic heterocycles. The van der Waals surface area contributed by atoms with Crippen molar-refractivity contribution in [3.05, 3.63) is 35.4 Å². The third kappa shape index (κ3) is 2.95. The van der Waals surface area contributed by atoms with Gasteiger partial charge in [-0.2, -0.15) is 0 Å². The van der Waals surface area contributed by atoms with Gasteiger partial charge in [0.2, 0.25) is 0 Å². The molecule has 1 nitrogen and oxygen atoms in total. The fraction of sp³-hybridized carbons (Fsp3) is 0.647. The van der Waals surface area contributed by atoms with Gasteiger partial charge in [-0.25, -0.2) is 0 Å². The molecule has 2 rings (SSSR count). The van der Waals surface area contributed by atoms with E-state index in [1.54, 1.807) is 0 Å². The minimum atomic E-state index is -0.509. The standard InChI is InChI=1S/C17H26O/c1-13-5-7-15(8-6-13)12-17(18)10-9-16(3,4)11-14(17)2/h5-8,14,18H,9-12H2,1-4H3. The zero-order valence-electron chi connectivity index (χ0n) is 12.2. The Balaban J connectivity index is 2.10. The summed E-state index contributed by atoms with van der Waals surface area (Å²) in [5, 5.41) is 10.9. The summed E-state index contributed by atoms with van der Waals surface area (Å²) in [5.41, 5.74) is 2.42. The first kappa shape index (κ1) is 13.6. The van der Waals surface area contributed by atoms with Crippen molar-refractivity contribution in [2.45, 2.75) is 59.0 Å². The lowest BCUT2D eigenvalue weighted by atomic mass is 9.64. The third-order valence-corrected chi connectivity index (χ3v) is 4.64. The summed E-state index contributed by atoms with van der Waals surface area (Å²) in [6.07, 6.45) is 3.97. The lowest BCUT2D eigenvalue weighted by Gasteiger charge is -2.45. The van der Waals surface area contributed by atoms with Gasteiger partial charge in [-0.05, 0) is 43.1 Å². The summed E-state index contributed by atoms with van der Waals surface area (Å²) >= 11 is 0. The molecule has 100 valence electrons. The van der Waals surface area contributed by atoms with Crippen LogP contribution < -0.4 is 0 Å². The van der Waals surface area contributed by atoms with Crippen molar-refractivity contribution >= 4 is 0 Å². The SMILES string of the molecule is Cc1ccc(CC2(O)CCC(C)(C)CC2C)cc1. The molecule has 1 saturated carbocycles. The molecule has 18 heavy (non-hydrogen) atoms. The molecule has 1 N–H and O–H groups in total. The highest BCUT2D eigenvalue weighted by Gasteiger charge is 2.42. The molecule has 1 aliphatic rings. The van der Waals surface area contributed by atoms with Gasteiger partial charge >= 0.3 is 0 Å². The first-order valence-electron chi connectivity index (χ1n) is 7.09. The van der Waals surface area contributed by atoms with Gasteiger partial charge in [0.1, 0.15) is 0 Å². The highest BCUT2D eigenvalue weighted by atomic mass is 16.3. The summed E-state index contributed by atoms with van der Waals surface area (Å²) < 4.78 is 0. The minimum Gasteiger partial charge on any atom is -0.389 e. The maximum absolute atomic E-state index is 10.9. The molecule has 0 amide bonds. The van der Waals surface area contributed by atoms with Gasteiger partial charge in [0, 0.05) is 6.42 Å². The number of benzene rings is 1. The average molecular weight is 246 g/mol. The molecule has 1 heteroatoms. The topological polar surface area (TPSA) is 20.2 Å². The smallest absolute Gasteiger partial charge is 0.0713 e. The fourth-order valence-electron chi connectivity index (χ4n) is 3.24. The van der Waals surface area contributed by atoms with Crippen LogP contribution in [-0.4, -0.2) is 10.7 Å². The largest absolute Gasteiger partial charge is 0.389 e. The van der Waals surface area contributed by atoms with E-state index in [9.17, 15) is 5.11 Å². The summed E-state index contributed by atoms with van der Waals surface area (Å²) in [6, 6.07) is 8.58. The fourth-order valence-corrected chi connectivity index (χ4v) is 3.24. The van der Waals surface area contributed by atoms with Gasteiger partial charge in [-0.1, -0.05) is 50.6 Å². The van der Waals surface area contributed by atoms with Crippen molar-refractivity contribution in [3.8, 4) is 0 Å². The Kier molecular flexibility index (Phi) is 3.55. The van der Waals surface area contributed by atoms with Crippen LogP contribution in [0.4, 0.5) is 0 Å². The Bertz CT molecular complexity index is 404. The zero-order chi connectivity index (χ0) is 13.4.